The van der Waals surface area contributed by atoms with Crippen molar-refractivity contribution in [2.45, 2.75) is 6.18 Å². The van der Waals surface area contributed by atoms with Crippen molar-refractivity contribution in [3.05, 3.63) is 23.5 Å². The van der Waals surface area contributed by atoms with Crippen LogP contribution in [0, 0.1) is 0 Å². The van der Waals surface area contributed by atoms with Gasteiger partial charge in [0.05, 0.1) is 10.9 Å². The predicted octanol–water partition coefficient (Wildman–Crippen LogP) is 1.69. The summed E-state index contributed by atoms with van der Waals surface area (Å²) in [6, 6.07) is 0.917. The number of nitrogens with zero attached hydrogens (tertiary/aromatic N) is 3. The second kappa shape index (κ2) is 3.44. The fraction of sp³-hybridized carbons (Fsp3) is 0.222. The maximum atomic E-state index is 12.6. The molecule has 8 heteroatoms. The Labute approximate surface area is 92.5 Å². The number of pyridine rings is 1. The van der Waals surface area contributed by atoms with Gasteiger partial charge < -0.3 is 5.11 Å². The maximum absolute atomic E-state index is 12.6. The quantitative estimate of drug-likeness (QED) is 0.830. The number of rotatable bonds is 1. The van der Waals surface area contributed by atoms with Gasteiger partial charge in [0.15, 0.2) is 11.3 Å². The van der Waals surface area contributed by atoms with Crippen molar-refractivity contribution in [2.75, 3.05) is 0 Å². The minimum Gasteiger partial charge on any atom is -0.478 e. The van der Waals surface area contributed by atoms with Crippen molar-refractivity contribution in [1.82, 2.24) is 14.8 Å². The molecule has 0 fully saturated rings. The van der Waals surface area contributed by atoms with Crippen molar-refractivity contribution < 1.29 is 23.1 Å². The summed E-state index contributed by atoms with van der Waals surface area (Å²) in [5.74, 6) is -1.34. The molecule has 1 N–H and O–H groups in total. The molecule has 0 atom stereocenters. The largest absolute Gasteiger partial charge is 0.478 e. The summed E-state index contributed by atoms with van der Waals surface area (Å²) in [4.78, 5) is 14.3. The first-order valence-electron chi connectivity index (χ1n) is 4.44. The van der Waals surface area contributed by atoms with E-state index in [1.54, 1.807) is 0 Å². The molecule has 0 unspecified atom stereocenters. The zero-order valence-corrected chi connectivity index (χ0v) is 8.49. The second-order valence-electron chi connectivity index (χ2n) is 3.37. The fourth-order valence-electron chi connectivity index (χ4n) is 1.47. The first-order chi connectivity index (χ1) is 7.80. The number of halogens is 3. The topological polar surface area (TPSA) is 68.0 Å². The number of aryl methyl sites for hydroxylation is 1. The van der Waals surface area contributed by atoms with Gasteiger partial charge in [0.1, 0.15) is 0 Å². The lowest BCUT2D eigenvalue weighted by Crippen LogP contribution is -2.07. The lowest BCUT2D eigenvalue weighted by Gasteiger charge is -2.01. The molecular weight excluding hydrogens is 239 g/mol. The van der Waals surface area contributed by atoms with E-state index in [9.17, 15) is 18.0 Å². The van der Waals surface area contributed by atoms with Crippen LogP contribution in [0.2, 0.25) is 0 Å². The first kappa shape index (κ1) is 11.4. The number of aromatic nitrogens is 3. The van der Waals surface area contributed by atoms with Crippen molar-refractivity contribution in [2.24, 2.45) is 7.05 Å². The van der Waals surface area contributed by atoms with Gasteiger partial charge in [0.2, 0.25) is 0 Å². The van der Waals surface area contributed by atoms with Crippen LogP contribution in [0.1, 0.15) is 16.1 Å². The Morgan fingerprint density at radius 3 is 2.65 bits per heavy atom. The number of hydrogen-bond acceptors (Lipinski definition) is 3. The van der Waals surface area contributed by atoms with E-state index in [-0.39, 0.29) is 16.6 Å². The highest BCUT2D eigenvalue weighted by Gasteiger charge is 2.37. The zero-order chi connectivity index (χ0) is 12.8. The highest BCUT2D eigenvalue weighted by atomic mass is 19.4. The third-order valence-electron chi connectivity index (χ3n) is 2.19. The Morgan fingerprint density at radius 1 is 1.47 bits per heavy atom. The van der Waals surface area contributed by atoms with Crippen LogP contribution < -0.4 is 0 Å². The third kappa shape index (κ3) is 1.81. The van der Waals surface area contributed by atoms with Crippen LogP contribution >= 0.6 is 0 Å². The third-order valence-corrected chi connectivity index (χ3v) is 2.19. The van der Waals surface area contributed by atoms with Crippen molar-refractivity contribution >= 4 is 17.0 Å². The summed E-state index contributed by atoms with van der Waals surface area (Å²) in [5.41, 5.74) is -1.45. The molecule has 0 spiro atoms. The van der Waals surface area contributed by atoms with Gasteiger partial charge >= 0.3 is 12.1 Å². The van der Waals surface area contributed by atoms with E-state index in [1.165, 1.54) is 7.05 Å². The van der Waals surface area contributed by atoms with Crippen LogP contribution in [0.3, 0.4) is 0 Å². The highest BCUT2D eigenvalue weighted by molar-refractivity contribution is 5.92. The molecule has 90 valence electrons. The Balaban J connectivity index is 2.78. The molecule has 0 aromatic carbocycles. The van der Waals surface area contributed by atoms with Gasteiger partial charge in [-0.25, -0.2) is 14.5 Å². The Hall–Kier alpha value is -2.12. The monoisotopic (exact) mass is 245 g/mol. The number of carboxylic acid groups (broad SMARTS) is 1. The van der Waals surface area contributed by atoms with Crippen LogP contribution in [-0.4, -0.2) is 25.8 Å². The molecule has 5 nitrogen and oxygen atoms in total. The Kier molecular flexibility index (Phi) is 2.30. The van der Waals surface area contributed by atoms with Gasteiger partial charge in [-0.15, -0.1) is 0 Å². The second-order valence-corrected chi connectivity index (χ2v) is 3.37. The summed E-state index contributed by atoms with van der Waals surface area (Å²) in [7, 11) is 1.31. The van der Waals surface area contributed by atoms with Crippen LogP contribution in [-0.2, 0) is 13.2 Å². The normalized spacial score (nSPS) is 12.0. The molecule has 0 aliphatic carbocycles. The SMILES string of the molecule is Cn1nc(C(F)(F)F)c2cc(C(=O)O)cnc21. The van der Waals surface area contributed by atoms with E-state index in [0.717, 1.165) is 16.9 Å². The first-order valence-corrected chi connectivity index (χ1v) is 4.44. The predicted molar refractivity (Wildman–Crippen MR) is 50.5 cm³/mol. The minimum atomic E-state index is -4.64. The molecule has 2 aromatic rings. The number of alkyl halides is 3. The molecule has 0 radical (unpaired) electrons. The van der Waals surface area contributed by atoms with Crippen LogP contribution in [0.5, 0.6) is 0 Å². The van der Waals surface area contributed by atoms with Gasteiger partial charge in [-0.3, -0.25) is 0 Å². The summed E-state index contributed by atoms with van der Waals surface area (Å²) >= 11 is 0. The summed E-state index contributed by atoms with van der Waals surface area (Å²) in [5, 5.41) is 11.7. The van der Waals surface area contributed by atoms with E-state index in [0.29, 0.717) is 0 Å². The number of hydrogen-bond donors (Lipinski definition) is 1. The molecule has 0 amide bonds. The number of carboxylic acids is 1. The Bertz CT molecular complexity index is 603. The fourth-order valence-corrected chi connectivity index (χ4v) is 1.47. The summed E-state index contributed by atoms with van der Waals surface area (Å²) in [6.45, 7) is 0. The molecule has 0 saturated heterocycles. The van der Waals surface area contributed by atoms with Crippen LogP contribution in [0.25, 0.3) is 11.0 Å². The van der Waals surface area contributed by atoms with E-state index >= 15 is 0 Å². The van der Waals surface area contributed by atoms with E-state index in [2.05, 4.69) is 10.1 Å². The van der Waals surface area contributed by atoms with E-state index < -0.39 is 17.8 Å². The lowest BCUT2D eigenvalue weighted by atomic mass is 10.2. The molecular formula is C9H6F3N3O2. The molecule has 0 aliphatic rings. The van der Waals surface area contributed by atoms with Gasteiger partial charge in [-0.1, -0.05) is 0 Å². The number of carbonyl (C=O) groups is 1. The average molecular weight is 245 g/mol. The van der Waals surface area contributed by atoms with Gasteiger partial charge in [0.25, 0.3) is 0 Å². The number of fused-ring (bicyclic) bond motifs is 1. The molecule has 0 bridgehead atoms. The lowest BCUT2D eigenvalue weighted by molar-refractivity contribution is -0.140. The molecule has 0 aliphatic heterocycles. The Morgan fingerprint density at radius 2 is 2.12 bits per heavy atom. The standard InChI is InChI=1S/C9H6F3N3O2/c1-15-7-5(6(14-15)9(10,11)12)2-4(3-13-7)8(16)17/h2-3H,1H3,(H,16,17). The summed E-state index contributed by atoms with van der Waals surface area (Å²) < 4.78 is 38.8. The van der Waals surface area contributed by atoms with Crippen molar-refractivity contribution in [1.29, 1.82) is 0 Å². The minimum absolute atomic E-state index is 0.0117. The molecule has 2 rings (SSSR count). The zero-order valence-electron chi connectivity index (χ0n) is 8.49. The van der Waals surface area contributed by atoms with Gasteiger partial charge in [-0.05, 0) is 6.07 Å². The number of aromatic carboxylic acids is 1. The van der Waals surface area contributed by atoms with Gasteiger partial charge in [-0.2, -0.15) is 18.3 Å². The van der Waals surface area contributed by atoms with Crippen LogP contribution in [0.15, 0.2) is 12.3 Å². The molecule has 2 aromatic heterocycles. The molecule has 2 heterocycles. The van der Waals surface area contributed by atoms with Gasteiger partial charge in [0, 0.05) is 13.2 Å². The smallest absolute Gasteiger partial charge is 0.435 e. The van der Waals surface area contributed by atoms with Crippen molar-refractivity contribution in [3.8, 4) is 0 Å². The van der Waals surface area contributed by atoms with Crippen molar-refractivity contribution in [3.63, 3.8) is 0 Å². The average Bonchev–Trinajstić information content (AvgIpc) is 2.55. The highest BCUT2D eigenvalue weighted by Crippen LogP contribution is 2.33. The molecule has 17 heavy (non-hydrogen) atoms. The van der Waals surface area contributed by atoms with E-state index in [1.807, 2.05) is 0 Å². The van der Waals surface area contributed by atoms with E-state index in [4.69, 9.17) is 5.11 Å². The van der Waals surface area contributed by atoms with Crippen LogP contribution in [0.4, 0.5) is 13.2 Å². The maximum Gasteiger partial charge on any atom is 0.435 e. The molecule has 0 saturated carbocycles. The summed E-state index contributed by atoms with van der Waals surface area (Å²) in [6.07, 6.45) is -3.65.